The Morgan fingerprint density at radius 1 is 1.50 bits per heavy atom. The van der Waals surface area contributed by atoms with E-state index in [0.29, 0.717) is 18.2 Å². The van der Waals surface area contributed by atoms with E-state index in [4.69, 9.17) is 0 Å². The molecule has 0 amide bonds. The van der Waals surface area contributed by atoms with Gasteiger partial charge in [0.1, 0.15) is 12.0 Å². The number of anilines is 1. The third-order valence-electron chi connectivity index (χ3n) is 2.29. The van der Waals surface area contributed by atoms with Gasteiger partial charge >= 0.3 is 5.82 Å². The number of hydrogen-bond acceptors (Lipinski definition) is 6. The van der Waals surface area contributed by atoms with Crippen LogP contribution in [0.1, 0.15) is 11.5 Å². The number of imidazole rings is 1. The highest BCUT2D eigenvalue weighted by molar-refractivity contribution is 5.34. The second-order valence-electron chi connectivity index (χ2n) is 3.72. The van der Waals surface area contributed by atoms with Crippen molar-refractivity contribution >= 4 is 11.6 Å². The molecule has 0 spiro atoms. The molecule has 18 heavy (non-hydrogen) atoms. The smallest absolute Gasteiger partial charge is 0.373 e. The van der Waals surface area contributed by atoms with Gasteiger partial charge in [0.15, 0.2) is 5.82 Å². The van der Waals surface area contributed by atoms with Crippen molar-refractivity contribution in [2.75, 3.05) is 12.4 Å². The number of hydrogen-bond donors (Lipinski definition) is 1. The topological polar surface area (TPSA) is 98.8 Å². The molecule has 0 unspecified atom stereocenters. The van der Waals surface area contributed by atoms with E-state index < -0.39 is 4.92 Å². The monoisotopic (exact) mass is 248 g/mol. The fourth-order valence-corrected chi connectivity index (χ4v) is 1.52. The van der Waals surface area contributed by atoms with Crippen LogP contribution in [0.3, 0.4) is 0 Å². The van der Waals surface area contributed by atoms with Gasteiger partial charge in [-0.3, -0.25) is 0 Å². The third kappa shape index (κ3) is 2.59. The Morgan fingerprint density at radius 3 is 2.89 bits per heavy atom. The number of nitrogens with zero attached hydrogens (tertiary/aromatic N) is 5. The number of aryl methyl sites for hydroxylation is 1. The van der Waals surface area contributed by atoms with Gasteiger partial charge in [-0.2, -0.15) is 0 Å². The molecular formula is C10H12N6O2. The molecule has 8 nitrogen and oxygen atoms in total. The predicted molar refractivity (Wildman–Crippen MR) is 64.3 cm³/mol. The van der Waals surface area contributed by atoms with Crippen molar-refractivity contribution in [2.45, 2.75) is 13.5 Å². The zero-order valence-corrected chi connectivity index (χ0v) is 9.99. The number of nitro groups is 1. The average molecular weight is 248 g/mol. The van der Waals surface area contributed by atoms with E-state index in [-0.39, 0.29) is 5.82 Å². The molecule has 0 aliphatic carbocycles. The lowest BCUT2D eigenvalue weighted by Crippen LogP contribution is -2.06. The van der Waals surface area contributed by atoms with Gasteiger partial charge in [-0.15, -0.1) is 0 Å². The Hall–Kier alpha value is -2.51. The van der Waals surface area contributed by atoms with Crippen LogP contribution in [0.25, 0.3) is 0 Å². The van der Waals surface area contributed by atoms with Crippen LogP contribution in [0.5, 0.6) is 0 Å². The molecule has 2 heterocycles. The zero-order valence-electron chi connectivity index (χ0n) is 9.99. The van der Waals surface area contributed by atoms with Gasteiger partial charge in [-0.05, 0) is 16.8 Å². The Bertz CT molecular complexity index is 579. The summed E-state index contributed by atoms with van der Waals surface area (Å²) >= 11 is 0. The lowest BCUT2D eigenvalue weighted by Gasteiger charge is -2.05. The molecule has 2 aromatic rings. The molecule has 0 aromatic carbocycles. The first-order chi connectivity index (χ1) is 8.58. The van der Waals surface area contributed by atoms with E-state index in [0.717, 1.165) is 5.69 Å². The van der Waals surface area contributed by atoms with E-state index >= 15 is 0 Å². The van der Waals surface area contributed by atoms with Crippen molar-refractivity contribution in [2.24, 2.45) is 0 Å². The molecule has 0 bridgehead atoms. The summed E-state index contributed by atoms with van der Waals surface area (Å²) in [4.78, 5) is 22.2. The molecule has 8 heteroatoms. The minimum atomic E-state index is -0.535. The number of aromatic nitrogens is 4. The van der Waals surface area contributed by atoms with Crippen molar-refractivity contribution in [3.05, 3.63) is 40.2 Å². The molecule has 1 N–H and O–H groups in total. The van der Waals surface area contributed by atoms with Crippen LogP contribution >= 0.6 is 0 Å². The van der Waals surface area contributed by atoms with Crippen LogP contribution in [-0.4, -0.2) is 31.5 Å². The van der Waals surface area contributed by atoms with E-state index in [1.54, 1.807) is 11.6 Å². The normalized spacial score (nSPS) is 10.3. The van der Waals surface area contributed by atoms with Gasteiger partial charge in [-0.25, -0.2) is 9.97 Å². The summed E-state index contributed by atoms with van der Waals surface area (Å²) in [6.45, 7) is 2.21. The maximum atomic E-state index is 10.5. The molecular weight excluding hydrogens is 236 g/mol. The summed E-state index contributed by atoms with van der Waals surface area (Å²) < 4.78 is 1.58. The lowest BCUT2D eigenvalue weighted by atomic mass is 10.4. The minimum Gasteiger partial charge on any atom is -0.373 e. The minimum absolute atomic E-state index is 0.184. The standard InChI is InChI=1S/C10H12N6O2/c1-7-3-8(11-2)14-9(13-7)4-15-5-10(12-6-15)16(17)18/h3,5-6H,4H2,1-2H3,(H,11,13,14). The SMILES string of the molecule is CNc1cc(C)nc(Cn2cnc([N+](=O)[O-])c2)n1. The summed E-state index contributed by atoms with van der Waals surface area (Å²) in [7, 11) is 1.77. The average Bonchev–Trinajstić information content (AvgIpc) is 2.76. The Morgan fingerprint density at radius 2 is 2.28 bits per heavy atom. The molecule has 94 valence electrons. The van der Waals surface area contributed by atoms with Gasteiger partial charge in [0, 0.05) is 18.8 Å². The van der Waals surface area contributed by atoms with Crippen molar-refractivity contribution in [3.63, 3.8) is 0 Å². The van der Waals surface area contributed by atoms with Gasteiger partial charge in [0.05, 0.1) is 6.54 Å². The van der Waals surface area contributed by atoms with Crippen molar-refractivity contribution in [3.8, 4) is 0 Å². The third-order valence-corrected chi connectivity index (χ3v) is 2.29. The molecule has 0 aliphatic rings. The Balaban J connectivity index is 2.22. The fourth-order valence-electron chi connectivity index (χ4n) is 1.52. The maximum absolute atomic E-state index is 10.5. The molecule has 2 rings (SSSR count). The lowest BCUT2D eigenvalue weighted by molar-refractivity contribution is -0.389. The van der Waals surface area contributed by atoms with E-state index in [1.165, 1.54) is 12.5 Å². The molecule has 0 fully saturated rings. The number of nitrogens with one attached hydrogen (secondary N) is 1. The van der Waals surface area contributed by atoms with Gasteiger partial charge in [-0.1, -0.05) is 0 Å². The van der Waals surface area contributed by atoms with Crippen LogP contribution in [0, 0.1) is 17.0 Å². The van der Waals surface area contributed by atoms with Gasteiger partial charge in [0.2, 0.25) is 6.33 Å². The highest BCUT2D eigenvalue weighted by Crippen LogP contribution is 2.09. The second-order valence-corrected chi connectivity index (χ2v) is 3.72. The molecule has 0 radical (unpaired) electrons. The highest BCUT2D eigenvalue weighted by atomic mass is 16.6. The van der Waals surface area contributed by atoms with E-state index in [1.807, 2.05) is 13.0 Å². The summed E-state index contributed by atoms with van der Waals surface area (Å²) in [6, 6.07) is 1.82. The van der Waals surface area contributed by atoms with Gasteiger partial charge in [0.25, 0.3) is 0 Å². The zero-order chi connectivity index (χ0) is 13.1. The molecule has 0 saturated carbocycles. The van der Waals surface area contributed by atoms with E-state index in [2.05, 4.69) is 20.3 Å². The van der Waals surface area contributed by atoms with Crippen LogP contribution < -0.4 is 5.32 Å². The first kappa shape index (κ1) is 12.0. The van der Waals surface area contributed by atoms with Gasteiger partial charge < -0.3 is 20.0 Å². The maximum Gasteiger partial charge on any atom is 0.381 e. The first-order valence-corrected chi connectivity index (χ1v) is 5.27. The van der Waals surface area contributed by atoms with Crippen molar-refractivity contribution in [1.29, 1.82) is 0 Å². The Labute approximate surface area is 103 Å². The first-order valence-electron chi connectivity index (χ1n) is 5.27. The molecule has 0 aliphatic heterocycles. The molecule has 0 atom stereocenters. The molecule has 0 saturated heterocycles. The highest BCUT2D eigenvalue weighted by Gasteiger charge is 2.11. The largest absolute Gasteiger partial charge is 0.381 e. The Kier molecular flexibility index (Phi) is 3.18. The fraction of sp³-hybridized carbons (Fsp3) is 0.300. The summed E-state index contributed by atoms with van der Waals surface area (Å²) in [6.07, 6.45) is 2.74. The predicted octanol–water partition coefficient (Wildman–Crippen LogP) is 0.980. The van der Waals surface area contributed by atoms with Crippen LogP contribution in [0.15, 0.2) is 18.6 Å². The molecule has 2 aromatic heterocycles. The van der Waals surface area contributed by atoms with Crippen molar-refractivity contribution in [1.82, 2.24) is 19.5 Å². The summed E-state index contributed by atoms with van der Waals surface area (Å²) in [5, 5.41) is 13.4. The number of rotatable bonds is 4. The van der Waals surface area contributed by atoms with Crippen LogP contribution in [-0.2, 0) is 6.54 Å². The summed E-state index contributed by atoms with van der Waals surface area (Å²) in [5.74, 6) is 1.11. The van der Waals surface area contributed by atoms with Crippen LogP contribution in [0.2, 0.25) is 0 Å². The summed E-state index contributed by atoms with van der Waals surface area (Å²) in [5.41, 5.74) is 0.832. The van der Waals surface area contributed by atoms with Crippen LogP contribution in [0.4, 0.5) is 11.6 Å². The quantitative estimate of drug-likeness (QED) is 0.639. The van der Waals surface area contributed by atoms with E-state index in [9.17, 15) is 10.1 Å². The second kappa shape index (κ2) is 4.78. The van der Waals surface area contributed by atoms with Crippen molar-refractivity contribution < 1.29 is 4.92 Å².